The van der Waals surface area contributed by atoms with Crippen LogP contribution in [-0.4, -0.2) is 114 Å². The molecule has 3 heterocycles. The average molecular weight is 972 g/mol. The van der Waals surface area contributed by atoms with Gasteiger partial charge in [0.15, 0.2) is 17.9 Å². The van der Waals surface area contributed by atoms with Gasteiger partial charge in [0.1, 0.15) is 35.4 Å². The minimum atomic E-state index is -1.68. The Hall–Kier alpha value is -4.96. The van der Waals surface area contributed by atoms with E-state index in [1.165, 1.54) is 26.0 Å². The second kappa shape index (κ2) is 18.6. The molecule has 3 unspecified atom stereocenters. The number of methoxy groups -OCH3 is 2. The first-order valence-corrected chi connectivity index (χ1v) is 24.7. The van der Waals surface area contributed by atoms with Crippen LogP contribution < -0.4 is 9.47 Å². The summed E-state index contributed by atoms with van der Waals surface area (Å²) in [7, 11) is 3.04. The summed E-state index contributed by atoms with van der Waals surface area (Å²) in [5.74, 6) is -2.32. The van der Waals surface area contributed by atoms with Crippen LogP contribution in [0.2, 0.25) is 0 Å². The summed E-state index contributed by atoms with van der Waals surface area (Å²) in [4.78, 5) is 59.4. The topological polar surface area (TPSA) is 175 Å². The van der Waals surface area contributed by atoms with Crippen LogP contribution in [0.4, 0.5) is 4.79 Å². The van der Waals surface area contributed by atoms with Gasteiger partial charge in [-0.15, -0.1) is 6.58 Å². The lowest BCUT2D eigenvalue weighted by molar-refractivity contribution is -0.356. The lowest BCUT2D eigenvalue weighted by Gasteiger charge is -2.68. The van der Waals surface area contributed by atoms with Gasteiger partial charge in [-0.1, -0.05) is 52.0 Å². The molecule has 14 atom stereocenters. The number of nitrogens with zero attached hydrogens (tertiary/aromatic N) is 1. The maximum atomic E-state index is 15.3. The molecule has 0 bridgehead atoms. The first kappa shape index (κ1) is 51.4. The first-order valence-electron chi connectivity index (χ1n) is 24.7. The van der Waals surface area contributed by atoms with Crippen molar-refractivity contribution in [3.63, 3.8) is 0 Å². The number of hydrogen-bond donors (Lipinski definition) is 1. The highest BCUT2D eigenvalue weighted by Gasteiger charge is 2.79. The number of ether oxygens (including phenoxy) is 9. The zero-order valence-corrected chi connectivity index (χ0v) is 43.1. The Kier molecular flexibility index (Phi) is 13.6. The van der Waals surface area contributed by atoms with E-state index < -0.39 is 106 Å². The van der Waals surface area contributed by atoms with Gasteiger partial charge in [0.05, 0.1) is 61.6 Å². The van der Waals surface area contributed by atoms with Gasteiger partial charge >= 0.3 is 24.0 Å². The quantitative estimate of drug-likeness (QED) is 0.121. The molecule has 2 saturated carbocycles. The zero-order valence-electron chi connectivity index (χ0n) is 43.1. The van der Waals surface area contributed by atoms with E-state index in [-0.39, 0.29) is 31.0 Å². The number of fused-ring (bicyclic) bond motifs is 3. The monoisotopic (exact) mass is 972 g/mol. The molecule has 1 amide bonds. The Morgan fingerprint density at radius 3 is 2.26 bits per heavy atom. The Morgan fingerprint density at radius 1 is 0.986 bits per heavy atom. The van der Waals surface area contributed by atoms with Gasteiger partial charge < -0.3 is 47.7 Å². The molecule has 1 N–H and O–H groups in total. The lowest BCUT2D eigenvalue weighted by Crippen LogP contribution is -2.78. The van der Waals surface area contributed by atoms with Gasteiger partial charge in [-0.2, -0.15) is 0 Å². The lowest BCUT2D eigenvalue weighted by atomic mass is 9.46. The first-order chi connectivity index (χ1) is 32.9. The van der Waals surface area contributed by atoms with Gasteiger partial charge in [-0.25, -0.2) is 14.4 Å². The molecule has 382 valence electrons. The van der Waals surface area contributed by atoms with E-state index >= 15 is 4.79 Å². The van der Waals surface area contributed by atoms with E-state index in [1.807, 2.05) is 32.9 Å². The zero-order chi connectivity index (χ0) is 51.0. The summed E-state index contributed by atoms with van der Waals surface area (Å²) in [6.07, 6.45) is -3.48. The van der Waals surface area contributed by atoms with Crippen LogP contribution in [0, 0.1) is 34.5 Å². The molecule has 3 saturated heterocycles. The smallest absolute Gasteiger partial charge is 0.413 e. The SMILES string of the molecule is C=CC1C[C@H]2C[C@H]3OC[C@@]3(OC(C)=O)[C@H]3[C@H](OC(=O)c4ccccc4)[C@]4(C(C)(C)O)C[C@H](OC(=O)[C@@H]5OC(c6ccc(OC)cc6OC)N(C(=O)OC(C)(C)C)C5CC(C)C)C(C)=C4[C@H](C)[C@H](O1)[C@]23C. The third-order valence-electron chi connectivity index (χ3n) is 16.4. The van der Waals surface area contributed by atoms with Crippen molar-refractivity contribution in [3.05, 3.63) is 83.5 Å². The van der Waals surface area contributed by atoms with Crippen molar-refractivity contribution in [2.24, 2.45) is 34.5 Å². The summed E-state index contributed by atoms with van der Waals surface area (Å²) in [5.41, 5.74) is -3.99. The molecule has 3 aliphatic carbocycles. The van der Waals surface area contributed by atoms with Crippen LogP contribution >= 0.6 is 0 Å². The maximum absolute atomic E-state index is 15.3. The Morgan fingerprint density at radius 2 is 1.69 bits per heavy atom. The fourth-order valence-electron chi connectivity index (χ4n) is 13.5. The standard InChI is InChI=1S/C55H73NO14/c1-15-35-24-34-25-41-55(28-64-41,69-32(6)57)44-46(68-48(58)33-19-17-16-18-20-33)54(52(10,11)61)27-40(30(4)42(54)31(5)45(65-35)53(34,44)12)66-49(59)43-38(23-29(2)3)56(50(60)70-51(7,8)9)47(67-43)37-22-21-36(62-13)26-39(37)63-14/h15-22,26,29,31,34-35,38,40-41,43-47,61H,1,23-25,27-28H2,2-14H3/t31-,34-,35?,38?,40-,41+,43+,44-,45-,46-,47?,53+,54-,55-/m0/s1. The van der Waals surface area contributed by atoms with Crippen LogP contribution in [0.3, 0.4) is 0 Å². The molecular weight excluding hydrogens is 899 g/mol. The highest BCUT2D eigenvalue weighted by molar-refractivity contribution is 5.89. The molecule has 5 fully saturated rings. The summed E-state index contributed by atoms with van der Waals surface area (Å²) in [6.45, 7) is 24.4. The summed E-state index contributed by atoms with van der Waals surface area (Å²) < 4.78 is 57.8. The number of carbonyl (C=O) groups excluding carboxylic acids is 4. The molecule has 15 heteroatoms. The second-order valence-corrected chi connectivity index (χ2v) is 22.5. The van der Waals surface area contributed by atoms with E-state index in [2.05, 4.69) is 20.4 Å². The number of rotatable bonds is 12. The van der Waals surface area contributed by atoms with Crippen molar-refractivity contribution in [1.29, 1.82) is 0 Å². The van der Waals surface area contributed by atoms with Crippen LogP contribution in [0.5, 0.6) is 11.5 Å². The Labute approximate surface area is 412 Å². The largest absolute Gasteiger partial charge is 0.497 e. The number of carbonyl (C=O) groups is 4. The number of hydrogen-bond acceptors (Lipinski definition) is 14. The van der Waals surface area contributed by atoms with E-state index in [4.69, 9.17) is 42.6 Å². The van der Waals surface area contributed by atoms with Crippen molar-refractivity contribution >= 4 is 24.0 Å². The molecule has 3 aliphatic heterocycles. The average Bonchev–Trinajstić information content (AvgIpc) is 3.78. The fraction of sp³-hybridized carbons (Fsp3) is 0.636. The van der Waals surface area contributed by atoms with Crippen molar-refractivity contribution < 1.29 is 66.9 Å². The van der Waals surface area contributed by atoms with E-state index in [0.717, 1.165) is 5.57 Å². The Balaban J connectivity index is 1.28. The fourth-order valence-corrected chi connectivity index (χ4v) is 13.5. The number of esters is 3. The van der Waals surface area contributed by atoms with Crippen molar-refractivity contribution in [3.8, 4) is 11.5 Å². The van der Waals surface area contributed by atoms with Crippen LogP contribution in [0.15, 0.2) is 72.3 Å². The van der Waals surface area contributed by atoms with E-state index in [1.54, 1.807) is 77.1 Å². The summed E-state index contributed by atoms with van der Waals surface area (Å²) >= 11 is 0. The van der Waals surface area contributed by atoms with Crippen molar-refractivity contribution in [1.82, 2.24) is 4.90 Å². The van der Waals surface area contributed by atoms with Gasteiger partial charge in [-0.05, 0) is 108 Å². The van der Waals surface area contributed by atoms with Gasteiger partial charge in [-0.3, -0.25) is 9.69 Å². The molecule has 0 aromatic heterocycles. The predicted octanol–water partition coefficient (Wildman–Crippen LogP) is 8.70. The highest BCUT2D eigenvalue weighted by atomic mass is 16.6. The normalized spacial score (nSPS) is 35.6. The molecule has 2 aromatic carbocycles. The van der Waals surface area contributed by atoms with Gasteiger partial charge in [0, 0.05) is 36.3 Å². The predicted molar refractivity (Wildman–Crippen MR) is 257 cm³/mol. The van der Waals surface area contributed by atoms with Crippen molar-refractivity contribution in [2.75, 3.05) is 20.8 Å². The molecule has 6 aliphatic rings. The molecular formula is C55H73NO14. The minimum Gasteiger partial charge on any atom is -0.497 e. The maximum Gasteiger partial charge on any atom is 0.413 e. The highest BCUT2D eigenvalue weighted by Crippen LogP contribution is 2.72. The summed E-state index contributed by atoms with van der Waals surface area (Å²) in [5, 5.41) is 13.1. The molecule has 70 heavy (non-hydrogen) atoms. The Bertz CT molecular complexity index is 2390. The van der Waals surface area contributed by atoms with Gasteiger partial charge in [0.2, 0.25) is 0 Å². The molecule has 0 spiro atoms. The van der Waals surface area contributed by atoms with Gasteiger partial charge in [0.25, 0.3) is 0 Å². The minimum absolute atomic E-state index is 0.0148. The number of benzene rings is 2. The van der Waals surface area contributed by atoms with Crippen LogP contribution in [-0.2, 0) is 42.7 Å². The number of aliphatic hydroxyl groups is 1. The van der Waals surface area contributed by atoms with Crippen LogP contribution in [0.25, 0.3) is 0 Å². The molecule has 15 nitrogen and oxygen atoms in total. The molecule has 0 radical (unpaired) electrons. The van der Waals surface area contributed by atoms with E-state index in [9.17, 15) is 19.5 Å². The second-order valence-electron chi connectivity index (χ2n) is 22.5. The third-order valence-corrected chi connectivity index (χ3v) is 16.4. The van der Waals surface area contributed by atoms with Crippen molar-refractivity contribution in [2.45, 2.75) is 168 Å². The molecule has 8 rings (SSSR count). The van der Waals surface area contributed by atoms with Crippen LogP contribution in [0.1, 0.15) is 124 Å². The summed E-state index contributed by atoms with van der Waals surface area (Å²) in [6, 6.07) is 13.0. The third kappa shape index (κ3) is 8.39. The van der Waals surface area contributed by atoms with E-state index in [0.29, 0.717) is 47.5 Å². The number of amides is 1. The molecule has 2 aromatic rings.